The summed E-state index contributed by atoms with van der Waals surface area (Å²) >= 11 is 0. The molecule has 8 heteroatoms. The first kappa shape index (κ1) is 24.4. The summed E-state index contributed by atoms with van der Waals surface area (Å²) in [6.07, 6.45) is 1.63. The largest absolute Gasteiger partial charge is 0.384 e. The van der Waals surface area contributed by atoms with Crippen LogP contribution in [0.2, 0.25) is 0 Å². The Morgan fingerprint density at radius 3 is 2.58 bits per heavy atom. The summed E-state index contributed by atoms with van der Waals surface area (Å²) in [6, 6.07) is 13.6. The van der Waals surface area contributed by atoms with Crippen LogP contribution in [0, 0.1) is 6.92 Å². The zero-order valence-electron chi connectivity index (χ0n) is 18.2. The fourth-order valence-electron chi connectivity index (χ4n) is 3.57. The summed E-state index contributed by atoms with van der Waals surface area (Å²) in [5.41, 5.74) is 13.0. The van der Waals surface area contributed by atoms with Gasteiger partial charge in [-0.3, -0.25) is 14.6 Å². The van der Waals surface area contributed by atoms with Crippen LogP contribution >= 0.6 is 12.4 Å². The Hall–Kier alpha value is -2.90. The summed E-state index contributed by atoms with van der Waals surface area (Å²) in [5.74, 6) is 0.134. The molecule has 7 nitrogen and oxygen atoms in total. The van der Waals surface area contributed by atoms with Crippen LogP contribution < -0.4 is 16.1 Å². The van der Waals surface area contributed by atoms with Crippen molar-refractivity contribution in [2.24, 2.45) is 0 Å². The standard InChI is InChI=1S/C23H29N5O2.ClH/c1-16-12-14-28(25-13-11-18-7-5-4-6-8-18)23(30)19(16)15-22(29)27(3)20-9-10-21(24)26-17(20)2;/h4-10,25H,11-15H2,1-3H3,(H2,24,26);1H. The number of halogens is 1. The average molecular weight is 444 g/mol. The van der Waals surface area contributed by atoms with Gasteiger partial charge in [-0.25, -0.2) is 10.4 Å². The third kappa shape index (κ3) is 6.06. The molecule has 1 aromatic carbocycles. The molecule has 3 rings (SSSR count). The van der Waals surface area contributed by atoms with Gasteiger partial charge < -0.3 is 10.6 Å². The number of hydrogen-bond donors (Lipinski definition) is 2. The Labute approximate surface area is 189 Å². The molecule has 0 fully saturated rings. The predicted octanol–water partition coefficient (Wildman–Crippen LogP) is 3.04. The lowest BCUT2D eigenvalue weighted by atomic mass is 9.98. The molecule has 166 valence electrons. The Bertz CT molecular complexity index is 962. The molecular weight excluding hydrogens is 414 g/mol. The number of amides is 2. The van der Waals surface area contributed by atoms with Crippen molar-refractivity contribution in [1.29, 1.82) is 0 Å². The molecule has 2 amide bonds. The Balaban J connectivity index is 0.00000341. The maximum absolute atomic E-state index is 13.0. The highest BCUT2D eigenvalue weighted by molar-refractivity contribution is 6.04. The minimum absolute atomic E-state index is 0. The number of nitrogens with one attached hydrogen (secondary N) is 1. The van der Waals surface area contributed by atoms with Crippen molar-refractivity contribution in [3.8, 4) is 0 Å². The van der Waals surface area contributed by atoms with E-state index in [2.05, 4.69) is 22.5 Å². The van der Waals surface area contributed by atoms with Gasteiger partial charge in [-0.05, 0) is 44.4 Å². The van der Waals surface area contributed by atoms with Crippen LogP contribution in [0.1, 0.15) is 31.0 Å². The molecule has 0 saturated carbocycles. The maximum atomic E-state index is 13.0. The number of carbonyl (C=O) groups excluding carboxylic acids is 2. The van der Waals surface area contributed by atoms with Crippen LogP contribution in [-0.2, 0) is 16.0 Å². The lowest BCUT2D eigenvalue weighted by Gasteiger charge is -2.30. The number of pyridine rings is 1. The van der Waals surface area contributed by atoms with E-state index in [0.717, 1.165) is 18.4 Å². The van der Waals surface area contributed by atoms with E-state index in [0.29, 0.717) is 35.9 Å². The first-order valence-electron chi connectivity index (χ1n) is 10.1. The van der Waals surface area contributed by atoms with Crippen molar-refractivity contribution >= 4 is 35.7 Å². The third-order valence-corrected chi connectivity index (χ3v) is 5.43. The molecule has 0 bridgehead atoms. The molecule has 2 aromatic rings. The van der Waals surface area contributed by atoms with Crippen LogP contribution in [0.25, 0.3) is 0 Å². The zero-order valence-corrected chi connectivity index (χ0v) is 19.0. The van der Waals surface area contributed by atoms with E-state index in [1.165, 1.54) is 10.5 Å². The number of aryl methyl sites for hydroxylation is 1. The molecule has 1 aromatic heterocycles. The van der Waals surface area contributed by atoms with Gasteiger partial charge in [0.2, 0.25) is 5.91 Å². The number of carbonyl (C=O) groups is 2. The normalized spacial score (nSPS) is 13.8. The lowest BCUT2D eigenvalue weighted by Crippen LogP contribution is -2.48. The Morgan fingerprint density at radius 2 is 1.90 bits per heavy atom. The molecular formula is C23H30ClN5O2. The van der Waals surface area contributed by atoms with E-state index in [-0.39, 0.29) is 30.6 Å². The van der Waals surface area contributed by atoms with E-state index in [1.807, 2.05) is 32.0 Å². The zero-order chi connectivity index (χ0) is 21.7. The van der Waals surface area contributed by atoms with Crippen LogP contribution in [0.5, 0.6) is 0 Å². The SMILES string of the molecule is CC1=C(CC(=O)N(C)c2ccc(N)nc2C)C(=O)N(NCCc2ccccc2)CC1.Cl. The predicted molar refractivity (Wildman–Crippen MR) is 126 cm³/mol. The fraction of sp³-hybridized carbons (Fsp3) is 0.348. The number of rotatable bonds is 7. The Morgan fingerprint density at radius 1 is 1.19 bits per heavy atom. The Kier molecular flexibility index (Phi) is 8.59. The van der Waals surface area contributed by atoms with Gasteiger partial charge in [0.1, 0.15) is 5.82 Å². The van der Waals surface area contributed by atoms with Gasteiger partial charge in [-0.15, -0.1) is 12.4 Å². The molecule has 2 heterocycles. The average Bonchev–Trinajstić information content (AvgIpc) is 2.73. The van der Waals surface area contributed by atoms with E-state index in [4.69, 9.17) is 5.73 Å². The first-order chi connectivity index (χ1) is 14.4. The van der Waals surface area contributed by atoms with Crippen LogP contribution in [0.4, 0.5) is 11.5 Å². The van der Waals surface area contributed by atoms with Crippen molar-refractivity contribution in [2.45, 2.75) is 33.1 Å². The first-order valence-corrected chi connectivity index (χ1v) is 10.1. The number of nitrogens with zero attached hydrogens (tertiary/aromatic N) is 3. The van der Waals surface area contributed by atoms with Gasteiger partial charge >= 0.3 is 0 Å². The number of anilines is 2. The van der Waals surface area contributed by atoms with Crippen molar-refractivity contribution in [1.82, 2.24) is 15.4 Å². The van der Waals surface area contributed by atoms with Gasteiger partial charge in [0.05, 0.1) is 17.8 Å². The summed E-state index contributed by atoms with van der Waals surface area (Å²) in [4.78, 5) is 31.6. The summed E-state index contributed by atoms with van der Waals surface area (Å²) in [5, 5.41) is 1.63. The molecule has 3 N–H and O–H groups in total. The van der Waals surface area contributed by atoms with Gasteiger partial charge in [0.15, 0.2) is 0 Å². The van der Waals surface area contributed by atoms with Crippen molar-refractivity contribution < 1.29 is 9.59 Å². The maximum Gasteiger partial charge on any atom is 0.264 e. The van der Waals surface area contributed by atoms with Crippen molar-refractivity contribution in [3.63, 3.8) is 0 Å². The second-order valence-corrected chi connectivity index (χ2v) is 7.58. The van der Waals surface area contributed by atoms with Gasteiger partial charge in [-0.2, -0.15) is 0 Å². The molecule has 0 saturated heterocycles. The smallest absolute Gasteiger partial charge is 0.264 e. The molecule has 0 atom stereocenters. The topological polar surface area (TPSA) is 91.6 Å². The third-order valence-electron chi connectivity index (χ3n) is 5.43. The minimum Gasteiger partial charge on any atom is -0.384 e. The van der Waals surface area contributed by atoms with E-state index in [1.54, 1.807) is 24.2 Å². The molecule has 1 aliphatic rings. The molecule has 1 aliphatic heterocycles. The number of nitrogens with two attached hydrogens (primary N) is 1. The number of nitrogen functional groups attached to an aromatic ring is 1. The summed E-state index contributed by atoms with van der Waals surface area (Å²) in [7, 11) is 1.70. The van der Waals surface area contributed by atoms with E-state index < -0.39 is 0 Å². The molecule has 0 radical (unpaired) electrons. The van der Waals surface area contributed by atoms with E-state index >= 15 is 0 Å². The van der Waals surface area contributed by atoms with Gasteiger partial charge in [0, 0.05) is 25.7 Å². The second-order valence-electron chi connectivity index (χ2n) is 7.58. The number of hydrazine groups is 1. The molecule has 0 aliphatic carbocycles. The highest BCUT2D eigenvalue weighted by Crippen LogP contribution is 2.24. The lowest BCUT2D eigenvalue weighted by molar-refractivity contribution is -0.132. The van der Waals surface area contributed by atoms with Crippen LogP contribution in [0.15, 0.2) is 53.6 Å². The molecule has 31 heavy (non-hydrogen) atoms. The molecule has 0 spiro atoms. The van der Waals surface area contributed by atoms with E-state index in [9.17, 15) is 9.59 Å². The van der Waals surface area contributed by atoms with Gasteiger partial charge in [-0.1, -0.05) is 35.9 Å². The van der Waals surface area contributed by atoms with Gasteiger partial charge in [0.25, 0.3) is 5.91 Å². The highest BCUT2D eigenvalue weighted by atomic mass is 35.5. The van der Waals surface area contributed by atoms with Crippen LogP contribution in [-0.4, -0.2) is 41.9 Å². The number of benzene rings is 1. The molecule has 0 unspecified atom stereocenters. The number of aromatic nitrogens is 1. The van der Waals surface area contributed by atoms with Crippen molar-refractivity contribution in [3.05, 3.63) is 64.9 Å². The fourth-order valence-corrected chi connectivity index (χ4v) is 3.57. The quantitative estimate of drug-likeness (QED) is 0.686. The minimum atomic E-state index is -0.154. The highest BCUT2D eigenvalue weighted by Gasteiger charge is 2.28. The monoisotopic (exact) mass is 443 g/mol. The second kappa shape index (κ2) is 10.9. The van der Waals surface area contributed by atoms with Crippen molar-refractivity contribution in [2.75, 3.05) is 30.8 Å². The van der Waals surface area contributed by atoms with Crippen LogP contribution in [0.3, 0.4) is 0 Å². The summed E-state index contributed by atoms with van der Waals surface area (Å²) < 4.78 is 0. The number of hydrogen-bond acceptors (Lipinski definition) is 5. The summed E-state index contributed by atoms with van der Waals surface area (Å²) in [6.45, 7) is 5.00.